The van der Waals surface area contributed by atoms with Crippen molar-refractivity contribution >= 4 is 43.2 Å². The second-order valence-electron chi connectivity index (χ2n) is 21.6. The van der Waals surface area contributed by atoms with E-state index in [-0.39, 0.29) is 57.8 Å². The van der Waals surface area contributed by atoms with Crippen LogP contribution in [0.15, 0.2) is 121 Å². The van der Waals surface area contributed by atoms with Crippen LogP contribution in [0.3, 0.4) is 0 Å². The van der Waals surface area contributed by atoms with Crippen LogP contribution >= 0.6 is 0 Å². The third-order valence-corrected chi connectivity index (χ3v) is 24.4. The fourth-order valence-electron chi connectivity index (χ4n) is 11.3. The van der Waals surface area contributed by atoms with Crippen LogP contribution in [0.1, 0.15) is 125 Å². The van der Waals surface area contributed by atoms with Gasteiger partial charge in [-0.25, -0.2) is 0 Å². The lowest BCUT2D eigenvalue weighted by molar-refractivity contribution is -0.267. The summed E-state index contributed by atoms with van der Waals surface area (Å²) in [6.45, 7) is 21.0. The zero-order valence-corrected chi connectivity index (χ0v) is 41.0. The first-order chi connectivity index (χ1) is 30.1. The predicted molar refractivity (Wildman–Crippen MR) is 277 cm³/mol. The molecule has 1 N–H and O–H groups in total. The highest BCUT2D eigenvalue weighted by Gasteiger charge is 2.69. The lowest BCUT2D eigenvalue weighted by Crippen LogP contribution is -2.70. The van der Waals surface area contributed by atoms with Crippen molar-refractivity contribution in [2.24, 2.45) is 0 Å². The lowest BCUT2D eigenvalue weighted by atomic mass is 9.73. The highest BCUT2D eigenvalue weighted by molar-refractivity contribution is 7.00. The van der Waals surface area contributed by atoms with Gasteiger partial charge in [0.15, 0.2) is 36.0 Å². The number of aliphatic hydroxyl groups excluding tert-OH is 1. The summed E-state index contributed by atoms with van der Waals surface area (Å²) in [4.78, 5) is 13.2. The molecule has 4 aromatic rings. The molecule has 4 aliphatic heterocycles. The van der Waals surface area contributed by atoms with E-state index in [0.29, 0.717) is 25.7 Å². The monoisotopic (exact) mass is 971 g/mol. The molecule has 2 saturated carbocycles. The lowest BCUT2D eigenvalue weighted by Gasteiger charge is -2.52. The molecule has 4 heterocycles. The molecule has 0 unspecified atom stereocenters. The van der Waals surface area contributed by atoms with Crippen molar-refractivity contribution < 1.29 is 47.2 Å². The molecule has 4 saturated heterocycles. The summed E-state index contributed by atoms with van der Waals surface area (Å²) in [5, 5.41) is 15.9. The molecule has 6 aliphatic rings. The van der Waals surface area contributed by atoms with Crippen molar-refractivity contribution in [1.82, 2.24) is 0 Å². The summed E-state index contributed by atoms with van der Waals surface area (Å²) < 4.78 is 50.1. The van der Waals surface area contributed by atoms with Gasteiger partial charge in [0.1, 0.15) is 23.4 Å². The number of Topliss-reactive ketones (excluding diaryl/α,β-unsaturated/α-hetero) is 1. The molecular weight excluding hydrogens is 889 g/mol. The van der Waals surface area contributed by atoms with Crippen LogP contribution < -0.4 is 20.7 Å². The first kappa shape index (κ1) is 55.5. The number of ether oxygens (including phenoxy) is 6. The van der Waals surface area contributed by atoms with Crippen LogP contribution in [0.4, 0.5) is 0 Å². The van der Waals surface area contributed by atoms with Crippen LogP contribution in [0, 0.1) is 0 Å². The number of carbonyl (C=O) groups is 1. The molecule has 2 spiro atoms. The Bertz CT molecular complexity index is 2190. The third-order valence-electron chi connectivity index (χ3n) is 14.2. The average molecular weight is 971 g/mol. The van der Waals surface area contributed by atoms with Crippen molar-refractivity contribution in [3.05, 3.63) is 121 Å². The van der Waals surface area contributed by atoms with Gasteiger partial charge in [0.05, 0.1) is 12.2 Å². The smallest absolute Gasteiger partial charge is 0.261 e. The summed E-state index contributed by atoms with van der Waals surface area (Å²) in [7, 11) is -5.28. The third kappa shape index (κ3) is 9.45. The van der Waals surface area contributed by atoms with Crippen molar-refractivity contribution in [3.8, 4) is 0 Å². The maximum Gasteiger partial charge on any atom is 0.261 e. The first-order valence-corrected chi connectivity index (χ1v) is 26.8. The van der Waals surface area contributed by atoms with Crippen molar-refractivity contribution in [1.29, 1.82) is 0 Å². The zero-order chi connectivity index (χ0) is 45.6. The van der Waals surface area contributed by atoms with Gasteiger partial charge in [-0.2, -0.15) is 0 Å². The normalized spacial score (nSPS) is 30.8. The standard InChI is InChI=1S/C26H34O5Si.C26H32O5Si.4CH4/c2*1-24(2,3)32(19-12-8-6-9-13-19,20-14-10-7-11-15-20)31-18-16-26(17-18)22(27)21-23(30-26)29-25(4,5)28-21;;;;/h6-15,18,21-23,27H,16-17H2,1-5H3;6-15,18,21,23H,16-17H2,1-5H3;4*1H4/t18?,21-,22+,23+,26?;18?,21-,23+,26?;;;;/m11..../s1. The van der Waals surface area contributed by atoms with E-state index < -0.39 is 70.3 Å². The Labute approximate surface area is 410 Å². The summed E-state index contributed by atoms with van der Waals surface area (Å²) >= 11 is 0. The van der Waals surface area contributed by atoms with Crippen LogP contribution in [0.25, 0.3) is 0 Å². The SMILES string of the molecule is C.C.C.C.CC1(C)O[C@H]2OC3(CC(O[Si](c4ccccc4)(c4ccccc4)C(C)(C)C)C3)C(=O)[C@H]2O1.CC1(C)O[C@H]2OC3(CC(O[Si](c4ccccc4)(c4ccccc4)C(C)(C)C)C3)[C@@H](O)[C@H]2O1. The Morgan fingerprint density at radius 2 is 0.853 bits per heavy atom. The predicted octanol–water partition coefficient (Wildman–Crippen LogP) is 9.42. The highest BCUT2D eigenvalue weighted by atomic mass is 28.4. The molecule has 68 heavy (non-hydrogen) atoms. The number of rotatable bonds is 8. The van der Waals surface area contributed by atoms with E-state index in [1.807, 2.05) is 39.8 Å². The van der Waals surface area contributed by atoms with E-state index in [4.69, 9.17) is 37.3 Å². The number of fused-ring (bicyclic) bond motifs is 2. The Kier molecular flexibility index (Phi) is 16.1. The van der Waals surface area contributed by atoms with E-state index in [2.05, 4.69) is 151 Å². The summed E-state index contributed by atoms with van der Waals surface area (Å²) in [6, 6.07) is 42.5. The number of aliphatic hydroxyl groups is 1. The summed E-state index contributed by atoms with van der Waals surface area (Å²) in [5.41, 5.74) is -1.50. The van der Waals surface area contributed by atoms with Crippen LogP contribution in [0.5, 0.6) is 0 Å². The Balaban J connectivity index is 0.000000240. The number of carbonyl (C=O) groups excluding carboxylic acids is 1. The van der Waals surface area contributed by atoms with E-state index in [9.17, 15) is 9.90 Å². The van der Waals surface area contributed by atoms with Crippen molar-refractivity contribution in [2.75, 3.05) is 0 Å². The number of benzene rings is 4. The number of hydrogen-bond acceptors (Lipinski definition) is 10. The molecule has 0 bridgehead atoms. The van der Waals surface area contributed by atoms with Crippen molar-refractivity contribution in [2.45, 2.75) is 201 Å². The largest absolute Gasteiger partial charge is 0.404 e. The maximum absolute atomic E-state index is 13.2. The molecule has 4 aromatic carbocycles. The van der Waals surface area contributed by atoms with E-state index >= 15 is 0 Å². The molecule has 0 amide bonds. The number of hydrogen-bond donors (Lipinski definition) is 1. The zero-order valence-electron chi connectivity index (χ0n) is 39.0. The minimum atomic E-state index is -2.65. The Morgan fingerprint density at radius 3 is 1.21 bits per heavy atom. The van der Waals surface area contributed by atoms with E-state index in [0.717, 1.165) is 0 Å². The van der Waals surface area contributed by atoms with Crippen LogP contribution in [0.2, 0.25) is 10.1 Å². The average Bonchev–Trinajstić information content (AvgIpc) is 3.87. The summed E-state index contributed by atoms with van der Waals surface area (Å²) in [6.07, 6.45) is -0.643. The van der Waals surface area contributed by atoms with E-state index in [1.54, 1.807) is 0 Å². The topological polar surface area (TPSA) is 111 Å². The van der Waals surface area contributed by atoms with Crippen LogP contribution in [-0.4, -0.2) is 93.4 Å². The molecule has 2 aliphatic carbocycles. The highest BCUT2D eigenvalue weighted by Crippen LogP contribution is 2.54. The van der Waals surface area contributed by atoms with Gasteiger partial charge in [-0.05, 0) is 58.5 Å². The van der Waals surface area contributed by atoms with E-state index in [1.165, 1.54) is 20.7 Å². The van der Waals surface area contributed by atoms with Crippen LogP contribution in [-0.2, 0) is 42.1 Å². The first-order valence-electron chi connectivity index (χ1n) is 23.0. The Morgan fingerprint density at radius 1 is 0.500 bits per heavy atom. The van der Waals surface area contributed by atoms with Gasteiger partial charge >= 0.3 is 0 Å². The fraction of sp³-hybridized carbons (Fsp3) is 0.554. The fourth-order valence-corrected chi connectivity index (χ4v) is 20.6. The minimum absolute atomic E-state index is 0. The van der Waals surface area contributed by atoms with Crippen molar-refractivity contribution in [3.63, 3.8) is 0 Å². The van der Waals surface area contributed by atoms with Gasteiger partial charge in [0.2, 0.25) is 0 Å². The van der Waals surface area contributed by atoms with Gasteiger partial charge < -0.3 is 42.4 Å². The molecule has 12 heteroatoms. The Hall–Kier alpha value is -3.38. The molecular formula is C56H82O10Si2. The van der Waals surface area contributed by atoms with Gasteiger partial charge in [0.25, 0.3) is 16.6 Å². The molecule has 5 atom stereocenters. The minimum Gasteiger partial charge on any atom is -0.404 e. The van der Waals surface area contributed by atoms with Gasteiger partial charge in [-0.3, -0.25) is 4.79 Å². The van der Waals surface area contributed by atoms with Gasteiger partial charge in [-0.1, -0.05) is 193 Å². The second kappa shape index (κ2) is 19.7. The number of ketones is 1. The molecule has 0 radical (unpaired) electrons. The van der Waals surface area contributed by atoms with Gasteiger partial charge in [0, 0.05) is 25.7 Å². The second-order valence-corrected chi connectivity index (χ2v) is 30.1. The maximum atomic E-state index is 13.2. The molecule has 374 valence electrons. The molecule has 6 fully saturated rings. The van der Waals surface area contributed by atoms with Gasteiger partial charge in [-0.15, -0.1) is 0 Å². The molecule has 10 nitrogen and oxygen atoms in total. The molecule has 10 rings (SSSR count). The molecule has 0 aromatic heterocycles. The summed E-state index contributed by atoms with van der Waals surface area (Å²) in [5.74, 6) is -1.52. The quantitative estimate of drug-likeness (QED) is 0.172.